The molecule has 2 aromatic carbocycles. The summed E-state index contributed by atoms with van der Waals surface area (Å²) in [6, 6.07) is 11.9. The fraction of sp³-hybridized carbons (Fsp3) is 0.150. The van der Waals surface area contributed by atoms with Crippen LogP contribution in [0.4, 0.5) is 23.0 Å². The van der Waals surface area contributed by atoms with E-state index in [1.807, 2.05) is 38.1 Å². The molecule has 0 fully saturated rings. The number of rotatable bonds is 7. The number of anilines is 3. The lowest BCUT2D eigenvalue weighted by molar-refractivity contribution is -0.383. The molecule has 3 rings (SSSR count). The van der Waals surface area contributed by atoms with Gasteiger partial charge >= 0.3 is 5.69 Å². The highest BCUT2D eigenvalue weighted by molar-refractivity contribution is 6.36. The number of benzene rings is 2. The molecule has 1 aromatic heterocycles. The number of hydrogen-bond donors (Lipinski definition) is 2. The molecule has 0 aliphatic rings. The summed E-state index contributed by atoms with van der Waals surface area (Å²) < 4.78 is 0. The van der Waals surface area contributed by atoms with E-state index in [9.17, 15) is 14.9 Å². The third-order valence-electron chi connectivity index (χ3n) is 4.34. The molecule has 0 aliphatic heterocycles. The summed E-state index contributed by atoms with van der Waals surface area (Å²) in [4.78, 5) is 33.5. The van der Waals surface area contributed by atoms with Crippen molar-refractivity contribution in [3.8, 4) is 0 Å². The molecule has 0 radical (unpaired) electrons. The SMILES string of the molecule is CCN(c1cccc(C)c1)c1ncnc(NNC(=O)c2ccc(Cl)cc2Cl)c1[N+](=O)[O-]. The summed E-state index contributed by atoms with van der Waals surface area (Å²) >= 11 is 11.9. The van der Waals surface area contributed by atoms with Crippen molar-refractivity contribution >= 4 is 52.1 Å². The number of hydrazine groups is 1. The van der Waals surface area contributed by atoms with Crippen molar-refractivity contribution in [2.45, 2.75) is 13.8 Å². The summed E-state index contributed by atoms with van der Waals surface area (Å²) in [6.45, 7) is 4.20. The summed E-state index contributed by atoms with van der Waals surface area (Å²) in [6.07, 6.45) is 1.19. The smallest absolute Gasteiger partial charge is 0.321 e. The number of aryl methyl sites for hydroxylation is 1. The van der Waals surface area contributed by atoms with Crippen molar-refractivity contribution in [1.29, 1.82) is 0 Å². The van der Waals surface area contributed by atoms with Gasteiger partial charge in [-0.2, -0.15) is 0 Å². The van der Waals surface area contributed by atoms with Crippen molar-refractivity contribution in [2.24, 2.45) is 0 Å². The van der Waals surface area contributed by atoms with Gasteiger partial charge in [0, 0.05) is 17.3 Å². The normalized spacial score (nSPS) is 10.5. The van der Waals surface area contributed by atoms with Crippen LogP contribution < -0.4 is 15.8 Å². The number of halogens is 2. The minimum Gasteiger partial charge on any atom is -0.321 e. The van der Waals surface area contributed by atoms with E-state index in [1.54, 1.807) is 4.90 Å². The molecule has 1 amide bonds. The average molecular weight is 461 g/mol. The van der Waals surface area contributed by atoms with Crippen molar-refractivity contribution in [2.75, 3.05) is 16.9 Å². The monoisotopic (exact) mass is 460 g/mol. The van der Waals surface area contributed by atoms with Gasteiger partial charge in [-0.3, -0.25) is 25.8 Å². The standard InChI is InChI=1S/C20H18Cl2N6O3/c1-3-27(14-6-4-5-12(2)9-14)19-17(28(30)31)18(23-11-24-19)25-26-20(29)15-8-7-13(21)10-16(15)22/h4-11H,3H2,1-2H3,(H,26,29)(H,23,24,25). The molecule has 2 N–H and O–H groups in total. The summed E-state index contributed by atoms with van der Waals surface area (Å²) in [5.41, 5.74) is 6.38. The van der Waals surface area contributed by atoms with E-state index < -0.39 is 10.8 Å². The Morgan fingerprint density at radius 2 is 1.97 bits per heavy atom. The first-order valence-corrected chi connectivity index (χ1v) is 9.92. The lowest BCUT2D eigenvalue weighted by atomic mass is 10.2. The Hall–Kier alpha value is -3.43. The van der Waals surface area contributed by atoms with E-state index >= 15 is 0 Å². The second kappa shape index (κ2) is 9.59. The number of nitrogens with zero attached hydrogens (tertiary/aromatic N) is 4. The fourth-order valence-electron chi connectivity index (χ4n) is 2.93. The van der Waals surface area contributed by atoms with Gasteiger partial charge in [-0.05, 0) is 49.7 Å². The summed E-state index contributed by atoms with van der Waals surface area (Å²) in [7, 11) is 0. The zero-order chi connectivity index (χ0) is 22.5. The number of carbonyl (C=O) groups excluding carboxylic acids is 1. The van der Waals surface area contributed by atoms with Crippen LogP contribution in [0.5, 0.6) is 0 Å². The van der Waals surface area contributed by atoms with Crippen molar-refractivity contribution in [3.63, 3.8) is 0 Å². The first-order chi connectivity index (χ1) is 14.8. The van der Waals surface area contributed by atoms with Gasteiger partial charge in [0.25, 0.3) is 5.91 Å². The minimum atomic E-state index is -0.609. The first-order valence-electron chi connectivity index (χ1n) is 9.16. The van der Waals surface area contributed by atoms with Crippen LogP contribution >= 0.6 is 23.2 Å². The number of hydrogen-bond acceptors (Lipinski definition) is 7. The third kappa shape index (κ3) is 5.01. The van der Waals surface area contributed by atoms with Crippen LogP contribution in [0.25, 0.3) is 0 Å². The highest BCUT2D eigenvalue weighted by atomic mass is 35.5. The molecular weight excluding hydrogens is 443 g/mol. The van der Waals surface area contributed by atoms with Crippen LogP contribution in [0.2, 0.25) is 10.0 Å². The van der Waals surface area contributed by atoms with E-state index in [2.05, 4.69) is 20.8 Å². The Morgan fingerprint density at radius 3 is 2.61 bits per heavy atom. The van der Waals surface area contributed by atoms with E-state index in [0.29, 0.717) is 11.6 Å². The maximum atomic E-state index is 12.4. The summed E-state index contributed by atoms with van der Waals surface area (Å²) in [5.74, 6) is -0.684. The van der Waals surface area contributed by atoms with Crippen molar-refractivity contribution in [1.82, 2.24) is 15.4 Å². The molecule has 0 aliphatic carbocycles. The van der Waals surface area contributed by atoms with Crippen molar-refractivity contribution in [3.05, 3.63) is 80.1 Å². The maximum absolute atomic E-state index is 12.4. The molecule has 0 unspecified atom stereocenters. The zero-order valence-electron chi connectivity index (χ0n) is 16.6. The van der Waals surface area contributed by atoms with E-state index in [0.717, 1.165) is 11.3 Å². The largest absolute Gasteiger partial charge is 0.355 e. The highest BCUT2D eigenvalue weighted by Crippen LogP contribution is 2.35. The highest BCUT2D eigenvalue weighted by Gasteiger charge is 2.28. The predicted octanol–water partition coefficient (Wildman–Crippen LogP) is 4.91. The van der Waals surface area contributed by atoms with Crippen LogP contribution in [0.15, 0.2) is 48.8 Å². The lowest BCUT2D eigenvalue weighted by Gasteiger charge is -2.22. The number of carbonyl (C=O) groups is 1. The predicted molar refractivity (Wildman–Crippen MR) is 120 cm³/mol. The Kier molecular flexibility index (Phi) is 6.88. The molecule has 0 atom stereocenters. The molecule has 9 nitrogen and oxygen atoms in total. The average Bonchev–Trinajstić information content (AvgIpc) is 2.72. The molecular formula is C20H18Cl2N6O3. The molecule has 1 heterocycles. The summed E-state index contributed by atoms with van der Waals surface area (Å²) in [5, 5.41) is 12.4. The Balaban J connectivity index is 1.93. The molecule has 0 bridgehead atoms. The van der Waals surface area contributed by atoms with Gasteiger partial charge in [-0.15, -0.1) is 0 Å². The fourth-order valence-corrected chi connectivity index (χ4v) is 3.43. The minimum absolute atomic E-state index is 0.0920. The second-order valence-corrected chi connectivity index (χ2v) is 7.28. The molecule has 0 saturated carbocycles. The van der Waals surface area contributed by atoms with Gasteiger partial charge in [-0.25, -0.2) is 9.97 Å². The molecule has 0 spiro atoms. The van der Waals surface area contributed by atoms with Gasteiger partial charge in [-0.1, -0.05) is 35.3 Å². The van der Waals surface area contributed by atoms with Gasteiger partial charge in [0.15, 0.2) is 0 Å². The van der Waals surface area contributed by atoms with Crippen LogP contribution in [-0.2, 0) is 0 Å². The molecule has 31 heavy (non-hydrogen) atoms. The lowest BCUT2D eigenvalue weighted by Crippen LogP contribution is -2.31. The third-order valence-corrected chi connectivity index (χ3v) is 4.89. The van der Waals surface area contributed by atoms with E-state index in [-0.39, 0.29) is 27.9 Å². The molecule has 3 aromatic rings. The first kappa shape index (κ1) is 22.3. The van der Waals surface area contributed by atoms with Crippen LogP contribution in [-0.4, -0.2) is 27.3 Å². The zero-order valence-corrected chi connectivity index (χ0v) is 18.1. The molecule has 11 heteroatoms. The maximum Gasteiger partial charge on any atom is 0.355 e. The topological polar surface area (TPSA) is 113 Å². The van der Waals surface area contributed by atoms with Gasteiger partial charge in [0.2, 0.25) is 11.6 Å². The van der Waals surface area contributed by atoms with Crippen molar-refractivity contribution < 1.29 is 9.72 Å². The van der Waals surface area contributed by atoms with Gasteiger partial charge in [0.1, 0.15) is 6.33 Å². The number of aromatic nitrogens is 2. The van der Waals surface area contributed by atoms with Crippen LogP contribution in [0.3, 0.4) is 0 Å². The Morgan fingerprint density at radius 1 is 1.19 bits per heavy atom. The van der Waals surface area contributed by atoms with Gasteiger partial charge in [0.05, 0.1) is 15.5 Å². The molecule has 0 saturated heterocycles. The van der Waals surface area contributed by atoms with E-state index in [4.69, 9.17) is 23.2 Å². The quantitative estimate of drug-likeness (QED) is 0.380. The second-order valence-electron chi connectivity index (χ2n) is 6.44. The number of nitro groups is 1. The Labute approximate surface area is 188 Å². The van der Waals surface area contributed by atoms with Crippen LogP contribution in [0.1, 0.15) is 22.8 Å². The number of amides is 1. The van der Waals surface area contributed by atoms with Gasteiger partial charge < -0.3 is 4.90 Å². The van der Waals surface area contributed by atoms with Crippen LogP contribution in [0, 0.1) is 17.0 Å². The van der Waals surface area contributed by atoms with E-state index in [1.165, 1.54) is 24.5 Å². The molecule has 160 valence electrons. The number of nitrogens with one attached hydrogen (secondary N) is 2. The Bertz CT molecular complexity index is 1140.